The largest absolute Gasteiger partial charge is 0.481 e. The molecule has 0 unspecified atom stereocenters. The lowest BCUT2D eigenvalue weighted by Crippen LogP contribution is -2.57. The molecule has 0 aromatic heterocycles. The number of aliphatic carboxylic acids is 2. The quantitative estimate of drug-likeness (QED) is 0.110. The van der Waals surface area contributed by atoms with Crippen LogP contribution in [-0.2, 0) is 35.2 Å². The predicted molar refractivity (Wildman–Crippen MR) is 152 cm³/mol. The lowest BCUT2D eigenvalue weighted by Gasteiger charge is -2.28. The van der Waals surface area contributed by atoms with Gasteiger partial charge in [-0.15, -0.1) is 0 Å². The highest BCUT2D eigenvalue weighted by Crippen LogP contribution is 2.19. The number of carboxylic acids is 2. The fourth-order valence-corrected chi connectivity index (χ4v) is 4.68. The van der Waals surface area contributed by atoms with Crippen molar-refractivity contribution >= 4 is 35.6 Å². The molecular formula is C28H42N6O8. The Morgan fingerprint density at radius 1 is 0.952 bits per heavy atom. The first-order chi connectivity index (χ1) is 19.9. The average Bonchev–Trinajstić information content (AvgIpc) is 3.45. The molecule has 0 bridgehead atoms. The number of benzene rings is 1. The highest BCUT2D eigenvalue weighted by atomic mass is 16.4. The smallest absolute Gasteiger partial charge is 0.326 e. The lowest BCUT2D eigenvalue weighted by molar-refractivity contribution is -0.143. The minimum Gasteiger partial charge on any atom is -0.481 e. The van der Waals surface area contributed by atoms with E-state index in [0.29, 0.717) is 44.3 Å². The number of hydrogen-bond acceptors (Lipinski definition) is 8. The number of hydrogen-bond donors (Lipinski definition) is 7. The zero-order chi connectivity index (χ0) is 31.2. The summed E-state index contributed by atoms with van der Waals surface area (Å²) < 4.78 is 0. The molecule has 1 aliphatic rings. The minimum absolute atomic E-state index is 0.0265. The lowest BCUT2D eigenvalue weighted by atomic mass is 10.0. The van der Waals surface area contributed by atoms with Gasteiger partial charge in [0.05, 0.1) is 6.04 Å². The number of carbonyl (C=O) groups is 6. The summed E-state index contributed by atoms with van der Waals surface area (Å²) in [5.74, 6) is -5.07. The molecule has 0 aliphatic carbocycles. The number of nitrogens with zero attached hydrogens (tertiary/aromatic N) is 1. The van der Waals surface area contributed by atoms with Crippen molar-refractivity contribution in [3.05, 3.63) is 35.9 Å². The second-order valence-electron chi connectivity index (χ2n) is 10.4. The fourth-order valence-electron chi connectivity index (χ4n) is 4.68. The monoisotopic (exact) mass is 590 g/mol. The number of nitrogens with one attached hydrogen (secondary N) is 3. The normalized spacial score (nSPS) is 17.4. The summed E-state index contributed by atoms with van der Waals surface area (Å²) in [4.78, 5) is 76.2. The van der Waals surface area contributed by atoms with E-state index in [1.54, 1.807) is 30.3 Å². The molecule has 1 aliphatic heterocycles. The van der Waals surface area contributed by atoms with E-state index in [-0.39, 0.29) is 18.7 Å². The van der Waals surface area contributed by atoms with Crippen LogP contribution in [0.15, 0.2) is 30.3 Å². The molecule has 1 fully saturated rings. The Morgan fingerprint density at radius 3 is 2.24 bits per heavy atom. The van der Waals surface area contributed by atoms with Crippen LogP contribution in [0.25, 0.3) is 0 Å². The number of likely N-dealkylation sites (tertiary alicyclic amines) is 1. The van der Waals surface area contributed by atoms with Crippen molar-refractivity contribution < 1.29 is 39.0 Å². The van der Waals surface area contributed by atoms with Crippen LogP contribution in [0.3, 0.4) is 0 Å². The van der Waals surface area contributed by atoms with Gasteiger partial charge < -0.3 is 42.5 Å². The zero-order valence-electron chi connectivity index (χ0n) is 23.8. The van der Waals surface area contributed by atoms with Gasteiger partial charge in [-0.1, -0.05) is 36.8 Å². The predicted octanol–water partition coefficient (Wildman–Crippen LogP) is -0.900. The van der Waals surface area contributed by atoms with E-state index in [1.807, 2.05) is 0 Å². The molecule has 1 aromatic carbocycles. The zero-order valence-corrected chi connectivity index (χ0v) is 23.8. The SMILES string of the molecule is C[C@H](NC(=O)[C@@H]1CCCN1C(=O)[C@@H](N)CCCCN)C(=O)N[C@@H](CCC(=O)O)C(=O)N[C@@H](Cc1ccccc1)C(=O)O. The maximum Gasteiger partial charge on any atom is 0.326 e. The van der Waals surface area contributed by atoms with Crippen molar-refractivity contribution in [2.24, 2.45) is 11.5 Å². The third-order valence-corrected chi connectivity index (χ3v) is 7.05. The number of amides is 4. The van der Waals surface area contributed by atoms with Gasteiger partial charge in [0.25, 0.3) is 0 Å². The summed E-state index contributed by atoms with van der Waals surface area (Å²) in [7, 11) is 0. The number of carbonyl (C=O) groups excluding carboxylic acids is 4. The van der Waals surface area contributed by atoms with Crippen LogP contribution >= 0.6 is 0 Å². The Bertz CT molecular complexity index is 1100. The minimum atomic E-state index is -1.37. The van der Waals surface area contributed by atoms with E-state index in [0.717, 1.165) is 6.42 Å². The van der Waals surface area contributed by atoms with Crippen LogP contribution in [-0.4, -0.2) is 94.0 Å². The van der Waals surface area contributed by atoms with Crippen molar-refractivity contribution in [1.29, 1.82) is 0 Å². The standard InChI is InChI=1S/C28H42N6O8/c1-17(31-26(39)22-11-7-15-34(22)27(40)19(30)10-5-6-14-29)24(37)32-20(12-13-23(35)36)25(38)33-21(28(41)42)16-18-8-3-2-4-9-18/h2-4,8-9,17,19-22H,5-7,10-16,29-30H2,1H3,(H,31,39)(H,32,37)(H,33,38)(H,35,36)(H,41,42)/t17-,19-,20-,21-,22-/m0/s1. The van der Waals surface area contributed by atoms with E-state index >= 15 is 0 Å². The highest BCUT2D eigenvalue weighted by Gasteiger charge is 2.37. The van der Waals surface area contributed by atoms with Crippen molar-refractivity contribution in [3.8, 4) is 0 Å². The van der Waals surface area contributed by atoms with Crippen LogP contribution in [0.1, 0.15) is 57.4 Å². The summed E-state index contributed by atoms with van der Waals surface area (Å²) >= 11 is 0. The molecule has 0 radical (unpaired) electrons. The number of rotatable bonds is 17. The van der Waals surface area contributed by atoms with Gasteiger partial charge in [0, 0.05) is 19.4 Å². The van der Waals surface area contributed by atoms with Crippen molar-refractivity contribution in [2.75, 3.05) is 13.1 Å². The topological polar surface area (TPSA) is 234 Å². The molecule has 232 valence electrons. The summed E-state index contributed by atoms with van der Waals surface area (Å²) in [5, 5.41) is 26.1. The molecule has 42 heavy (non-hydrogen) atoms. The highest BCUT2D eigenvalue weighted by molar-refractivity contribution is 5.95. The van der Waals surface area contributed by atoms with Gasteiger partial charge >= 0.3 is 11.9 Å². The average molecular weight is 591 g/mol. The number of carboxylic acid groups (broad SMARTS) is 2. The first-order valence-corrected chi connectivity index (χ1v) is 14.1. The van der Waals surface area contributed by atoms with Gasteiger partial charge in [-0.25, -0.2) is 4.79 Å². The van der Waals surface area contributed by atoms with Gasteiger partial charge in [-0.05, 0) is 51.1 Å². The summed E-state index contributed by atoms with van der Waals surface area (Å²) in [6, 6.07) is 3.18. The second-order valence-corrected chi connectivity index (χ2v) is 10.4. The van der Waals surface area contributed by atoms with E-state index in [1.165, 1.54) is 11.8 Å². The Balaban J connectivity index is 2.03. The van der Waals surface area contributed by atoms with Crippen molar-refractivity contribution in [2.45, 2.75) is 88.5 Å². The third kappa shape index (κ3) is 10.7. The van der Waals surface area contributed by atoms with E-state index < -0.39 is 66.3 Å². The molecule has 2 rings (SSSR count). The van der Waals surface area contributed by atoms with E-state index in [4.69, 9.17) is 16.6 Å². The fraction of sp³-hybridized carbons (Fsp3) is 0.571. The van der Waals surface area contributed by atoms with Crippen LogP contribution in [0, 0.1) is 0 Å². The molecule has 9 N–H and O–H groups in total. The molecule has 14 nitrogen and oxygen atoms in total. The Kier molecular flexibility index (Phi) is 13.9. The second kappa shape index (κ2) is 17.0. The number of unbranched alkanes of at least 4 members (excludes halogenated alkanes) is 1. The molecular weight excluding hydrogens is 548 g/mol. The summed E-state index contributed by atoms with van der Waals surface area (Å²) in [6.45, 7) is 2.23. The molecule has 0 spiro atoms. The van der Waals surface area contributed by atoms with Crippen LogP contribution < -0.4 is 27.4 Å². The Hall–Kier alpha value is -4.04. The molecule has 0 saturated carbocycles. The van der Waals surface area contributed by atoms with E-state index in [2.05, 4.69) is 16.0 Å². The maximum atomic E-state index is 13.0. The molecule has 4 amide bonds. The molecule has 1 aromatic rings. The molecule has 1 heterocycles. The Labute approximate surface area is 244 Å². The van der Waals surface area contributed by atoms with Gasteiger partial charge in [-0.3, -0.25) is 24.0 Å². The first kappa shape index (κ1) is 34.2. The van der Waals surface area contributed by atoms with Gasteiger partial charge in [0.15, 0.2) is 0 Å². The molecule has 5 atom stereocenters. The van der Waals surface area contributed by atoms with Gasteiger partial charge in [-0.2, -0.15) is 0 Å². The van der Waals surface area contributed by atoms with Gasteiger partial charge in [0.2, 0.25) is 23.6 Å². The summed E-state index contributed by atoms with van der Waals surface area (Å²) in [5.41, 5.74) is 12.2. The Morgan fingerprint density at radius 2 is 1.62 bits per heavy atom. The summed E-state index contributed by atoms with van der Waals surface area (Å²) in [6.07, 6.45) is 2.02. The van der Waals surface area contributed by atoms with Crippen LogP contribution in [0.2, 0.25) is 0 Å². The van der Waals surface area contributed by atoms with Gasteiger partial charge in [0.1, 0.15) is 24.2 Å². The molecule has 1 saturated heterocycles. The maximum absolute atomic E-state index is 13.0. The van der Waals surface area contributed by atoms with Crippen LogP contribution in [0.4, 0.5) is 0 Å². The van der Waals surface area contributed by atoms with E-state index in [9.17, 15) is 33.9 Å². The van der Waals surface area contributed by atoms with Crippen molar-refractivity contribution in [1.82, 2.24) is 20.9 Å². The molecule has 14 heteroatoms. The van der Waals surface area contributed by atoms with Crippen LogP contribution in [0.5, 0.6) is 0 Å². The third-order valence-electron chi connectivity index (χ3n) is 7.05. The first-order valence-electron chi connectivity index (χ1n) is 14.1. The van der Waals surface area contributed by atoms with Crippen molar-refractivity contribution in [3.63, 3.8) is 0 Å². The number of nitrogens with two attached hydrogens (primary N) is 2.